The first kappa shape index (κ1) is 21.8. The zero-order valence-corrected chi connectivity index (χ0v) is 18.0. The Labute approximate surface area is 179 Å². The van der Waals surface area contributed by atoms with Gasteiger partial charge in [0.15, 0.2) is 0 Å². The quantitative estimate of drug-likeness (QED) is 0.507. The lowest BCUT2D eigenvalue weighted by atomic mass is 9.89. The molecule has 0 saturated carbocycles. The van der Waals surface area contributed by atoms with Crippen molar-refractivity contribution in [3.05, 3.63) is 75.4 Å². The number of pyridine rings is 1. The van der Waals surface area contributed by atoms with Gasteiger partial charge in [0.25, 0.3) is 5.56 Å². The van der Waals surface area contributed by atoms with E-state index in [0.717, 1.165) is 17.4 Å². The van der Waals surface area contributed by atoms with E-state index in [1.807, 2.05) is 25.1 Å². The maximum atomic E-state index is 13.5. The van der Waals surface area contributed by atoms with Crippen molar-refractivity contribution in [1.82, 2.24) is 9.88 Å². The van der Waals surface area contributed by atoms with E-state index < -0.39 is 5.82 Å². The number of hydrogen-bond donors (Lipinski definition) is 2. The first-order valence-corrected chi connectivity index (χ1v) is 10.4. The number of anilines is 1. The third-order valence-electron chi connectivity index (χ3n) is 5.45. The molecular weight excluding hydrogens is 405 g/mol. The second-order valence-corrected chi connectivity index (χ2v) is 7.70. The Morgan fingerprint density at radius 2 is 1.90 bits per heavy atom. The van der Waals surface area contributed by atoms with Crippen molar-refractivity contribution in [2.24, 2.45) is 5.92 Å². The highest BCUT2D eigenvalue weighted by atomic mass is 35.5. The van der Waals surface area contributed by atoms with Crippen molar-refractivity contribution >= 4 is 34.1 Å². The average molecular weight is 430 g/mol. The van der Waals surface area contributed by atoms with Gasteiger partial charge in [-0.3, -0.25) is 4.79 Å². The minimum absolute atomic E-state index is 0.0547. The number of fused-ring (bicyclic) bond motifs is 1. The molecule has 2 atom stereocenters. The maximum absolute atomic E-state index is 13.5. The van der Waals surface area contributed by atoms with Gasteiger partial charge in [-0.15, -0.1) is 0 Å². The molecule has 1 heterocycles. The maximum Gasteiger partial charge on any atom is 0.322 e. The Balaban J connectivity index is 2.03. The van der Waals surface area contributed by atoms with Crippen LogP contribution in [0.2, 0.25) is 5.02 Å². The van der Waals surface area contributed by atoms with E-state index in [1.54, 1.807) is 17.2 Å². The zero-order valence-electron chi connectivity index (χ0n) is 17.2. The van der Waals surface area contributed by atoms with Crippen molar-refractivity contribution in [3.8, 4) is 0 Å². The van der Waals surface area contributed by atoms with Gasteiger partial charge in [0.1, 0.15) is 5.82 Å². The minimum atomic E-state index is -0.542. The van der Waals surface area contributed by atoms with Gasteiger partial charge in [-0.05, 0) is 48.1 Å². The average Bonchev–Trinajstić information content (AvgIpc) is 2.75. The van der Waals surface area contributed by atoms with Gasteiger partial charge in [-0.1, -0.05) is 50.1 Å². The number of halogens is 2. The molecule has 0 aliphatic rings. The van der Waals surface area contributed by atoms with Gasteiger partial charge in [-0.25, -0.2) is 9.18 Å². The Bertz CT molecular complexity index is 1120. The Hall–Kier alpha value is -2.86. The lowest BCUT2D eigenvalue weighted by Crippen LogP contribution is -2.41. The summed E-state index contributed by atoms with van der Waals surface area (Å²) in [6.07, 6.45) is 2.54. The fourth-order valence-electron chi connectivity index (χ4n) is 3.72. The fourth-order valence-corrected chi connectivity index (χ4v) is 3.90. The molecule has 2 N–H and O–H groups in total. The van der Waals surface area contributed by atoms with E-state index in [2.05, 4.69) is 24.1 Å². The number of nitrogens with zero attached hydrogens (tertiary/aromatic N) is 1. The van der Waals surface area contributed by atoms with Crippen LogP contribution in [0.1, 0.15) is 38.8 Å². The van der Waals surface area contributed by atoms with Gasteiger partial charge in [0.2, 0.25) is 0 Å². The molecule has 0 aliphatic carbocycles. The van der Waals surface area contributed by atoms with Crippen LogP contribution < -0.4 is 10.9 Å². The fraction of sp³-hybridized carbons (Fsp3) is 0.304. The highest BCUT2D eigenvalue weighted by molar-refractivity contribution is 6.31. The van der Waals surface area contributed by atoms with Crippen LogP contribution in [0.5, 0.6) is 0 Å². The molecule has 0 fully saturated rings. The van der Waals surface area contributed by atoms with Crippen molar-refractivity contribution in [3.63, 3.8) is 0 Å². The molecule has 3 aromatic rings. The number of benzene rings is 2. The van der Waals surface area contributed by atoms with E-state index in [4.69, 9.17) is 11.6 Å². The van der Waals surface area contributed by atoms with Crippen molar-refractivity contribution in [1.29, 1.82) is 0 Å². The lowest BCUT2D eigenvalue weighted by molar-refractivity contribution is 0.166. The van der Waals surface area contributed by atoms with Crippen molar-refractivity contribution in [2.75, 3.05) is 11.9 Å². The Kier molecular flexibility index (Phi) is 6.77. The van der Waals surface area contributed by atoms with Crippen LogP contribution in [-0.2, 0) is 0 Å². The van der Waals surface area contributed by atoms with E-state index in [-0.39, 0.29) is 28.6 Å². The molecule has 0 bridgehead atoms. The Morgan fingerprint density at radius 1 is 1.20 bits per heavy atom. The number of carbonyl (C=O) groups excluding carboxylic acids is 1. The molecule has 7 heteroatoms. The smallest absolute Gasteiger partial charge is 0.322 e. The zero-order chi connectivity index (χ0) is 21.8. The highest BCUT2D eigenvalue weighted by Crippen LogP contribution is 2.34. The van der Waals surface area contributed by atoms with E-state index >= 15 is 0 Å². The van der Waals surface area contributed by atoms with Crippen LogP contribution in [0.15, 0.2) is 53.5 Å². The third kappa shape index (κ3) is 4.33. The number of aromatic nitrogens is 1. The summed E-state index contributed by atoms with van der Waals surface area (Å²) in [5.74, 6) is -0.416. The van der Waals surface area contributed by atoms with Crippen molar-refractivity contribution in [2.45, 2.75) is 33.2 Å². The van der Waals surface area contributed by atoms with E-state index in [9.17, 15) is 14.0 Å². The van der Waals surface area contributed by atoms with Gasteiger partial charge in [0, 0.05) is 23.8 Å². The number of amides is 2. The normalized spacial score (nSPS) is 13.1. The molecule has 5 nitrogen and oxygen atoms in total. The molecule has 158 valence electrons. The molecule has 2 aromatic carbocycles. The summed E-state index contributed by atoms with van der Waals surface area (Å²) in [5, 5.41) is 4.17. The molecule has 0 saturated heterocycles. The molecule has 1 aromatic heterocycles. The van der Waals surface area contributed by atoms with Crippen LogP contribution in [-0.4, -0.2) is 22.5 Å². The summed E-state index contributed by atoms with van der Waals surface area (Å²) in [6.45, 7) is 6.50. The number of aromatic amines is 1. The van der Waals surface area contributed by atoms with Gasteiger partial charge in [0.05, 0.1) is 11.1 Å². The van der Waals surface area contributed by atoms with Crippen LogP contribution in [0.3, 0.4) is 0 Å². The summed E-state index contributed by atoms with van der Waals surface area (Å²) < 4.78 is 13.5. The third-order valence-corrected chi connectivity index (χ3v) is 5.74. The number of carbonyl (C=O) groups is 1. The SMILES string of the molecule is CC[C@@H](C)[C@H](c1c[nH]c(=O)c2ccccc12)N(CC)C(=O)Nc1ccc(F)c(Cl)c1. The van der Waals surface area contributed by atoms with Crippen LogP contribution in [0, 0.1) is 11.7 Å². The van der Waals surface area contributed by atoms with Crippen LogP contribution in [0.25, 0.3) is 10.8 Å². The minimum Gasteiger partial charge on any atom is -0.328 e. The molecule has 0 unspecified atom stereocenters. The molecule has 0 spiro atoms. The van der Waals surface area contributed by atoms with Crippen LogP contribution >= 0.6 is 11.6 Å². The topological polar surface area (TPSA) is 65.2 Å². The van der Waals surface area contributed by atoms with Crippen molar-refractivity contribution < 1.29 is 9.18 Å². The number of hydrogen-bond acceptors (Lipinski definition) is 2. The van der Waals surface area contributed by atoms with Crippen LogP contribution in [0.4, 0.5) is 14.9 Å². The summed E-state index contributed by atoms with van der Waals surface area (Å²) >= 11 is 5.85. The number of nitrogens with one attached hydrogen (secondary N) is 2. The number of H-pyrrole nitrogens is 1. The molecular formula is C23H25ClFN3O2. The summed E-state index contributed by atoms with van der Waals surface area (Å²) in [5.41, 5.74) is 1.14. The molecule has 30 heavy (non-hydrogen) atoms. The van der Waals surface area contributed by atoms with Gasteiger partial charge >= 0.3 is 6.03 Å². The van der Waals surface area contributed by atoms with E-state index in [1.165, 1.54) is 18.2 Å². The molecule has 3 rings (SSSR count). The first-order valence-electron chi connectivity index (χ1n) is 10.00. The summed E-state index contributed by atoms with van der Waals surface area (Å²) in [7, 11) is 0. The monoisotopic (exact) mass is 429 g/mol. The number of rotatable bonds is 6. The molecule has 2 amide bonds. The standard InChI is InChI=1S/C23H25ClFN3O2/c1-4-14(3)21(18-13-26-22(29)17-9-7-6-8-16(17)18)28(5-2)23(30)27-15-10-11-20(25)19(24)12-15/h6-14,21H,4-5H2,1-3H3,(H,26,29)(H,27,30)/t14-,21-/m1/s1. The second kappa shape index (κ2) is 9.30. The van der Waals surface area contributed by atoms with E-state index in [0.29, 0.717) is 17.6 Å². The molecule has 0 aliphatic heterocycles. The lowest BCUT2D eigenvalue weighted by Gasteiger charge is -2.35. The highest BCUT2D eigenvalue weighted by Gasteiger charge is 2.30. The number of urea groups is 1. The van der Waals surface area contributed by atoms with Gasteiger partial charge in [-0.2, -0.15) is 0 Å². The second-order valence-electron chi connectivity index (χ2n) is 7.29. The summed E-state index contributed by atoms with van der Waals surface area (Å²) in [6, 6.07) is 10.9. The largest absolute Gasteiger partial charge is 0.328 e. The Morgan fingerprint density at radius 3 is 2.53 bits per heavy atom. The first-order chi connectivity index (χ1) is 14.4. The predicted octanol–water partition coefficient (Wildman–Crippen LogP) is 5.96. The molecule has 0 radical (unpaired) electrons. The van der Waals surface area contributed by atoms with Gasteiger partial charge < -0.3 is 15.2 Å². The predicted molar refractivity (Wildman–Crippen MR) is 120 cm³/mol. The summed E-state index contributed by atoms with van der Waals surface area (Å²) in [4.78, 5) is 30.0.